The SMILES string of the molecule is O=C1CCC2CN(C(=O)[C@H]3CCCCN3)CCC2N1. The number of carbonyl (C=O) groups is 2. The van der Waals surface area contributed by atoms with E-state index in [9.17, 15) is 9.59 Å². The maximum Gasteiger partial charge on any atom is 0.239 e. The lowest BCUT2D eigenvalue weighted by atomic mass is 9.85. The highest BCUT2D eigenvalue weighted by atomic mass is 16.2. The van der Waals surface area contributed by atoms with Crippen molar-refractivity contribution in [3.63, 3.8) is 0 Å². The molecular weight excluding hydrogens is 242 g/mol. The van der Waals surface area contributed by atoms with Crippen molar-refractivity contribution in [3.05, 3.63) is 0 Å². The Morgan fingerprint density at radius 1 is 1.21 bits per heavy atom. The van der Waals surface area contributed by atoms with Crippen molar-refractivity contribution >= 4 is 11.8 Å². The van der Waals surface area contributed by atoms with Gasteiger partial charge >= 0.3 is 0 Å². The molecule has 3 heterocycles. The topological polar surface area (TPSA) is 61.4 Å². The highest BCUT2D eigenvalue weighted by Crippen LogP contribution is 2.26. The molecular formula is C14H23N3O2. The molecule has 0 aromatic rings. The standard InChI is InChI=1S/C14H23N3O2/c18-13-5-4-10-9-17(8-6-11(10)16-13)14(19)12-3-1-2-7-15-12/h10-12,15H,1-9H2,(H,16,18)/t10?,11?,12-/m1/s1. The zero-order chi connectivity index (χ0) is 13.2. The number of hydrogen-bond donors (Lipinski definition) is 2. The first-order valence-electron chi connectivity index (χ1n) is 7.55. The van der Waals surface area contributed by atoms with E-state index >= 15 is 0 Å². The summed E-state index contributed by atoms with van der Waals surface area (Å²) in [5.74, 6) is 0.906. The molecule has 2 unspecified atom stereocenters. The van der Waals surface area contributed by atoms with Crippen molar-refractivity contribution in [2.75, 3.05) is 19.6 Å². The molecule has 5 nitrogen and oxygen atoms in total. The molecule has 2 amide bonds. The molecule has 5 heteroatoms. The molecule has 0 saturated carbocycles. The van der Waals surface area contributed by atoms with E-state index in [2.05, 4.69) is 10.6 Å². The molecule has 0 bridgehead atoms. The van der Waals surface area contributed by atoms with Gasteiger partial charge in [0.25, 0.3) is 0 Å². The minimum absolute atomic E-state index is 0.0310. The first-order valence-corrected chi connectivity index (χ1v) is 7.55. The summed E-state index contributed by atoms with van der Waals surface area (Å²) < 4.78 is 0. The first-order chi connectivity index (χ1) is 9.24. The van der Waals surface area contributed by atoms with Crippen molar-refractivity contribution in [1.29, 1.82) is 0 Å². The third-order valence-corrected chi connectivity index (χ3v) is 4.74. The molecule has 3 atom stereocenters. The van der Waals surface area contributed by atoms with Crippen LogP contribution in [0.1, 0.15) is 38.5 Å². The molecule has 0 aromatic heterocycles. The maximum atomic E-state index is 12.5. The number of piperidine rings is 3. The lowest BCUT2D eigenvalue weighted by Crippen LogP contribution is -2.58. The van der Waals surface area contributed by atoms with Crippen LogP contribution < -0.4 is 10.6 Å². The minimum atomic E-state index is 0.0310. The Balaban J connectivity index is 1.58. The Bertz CT molecular complexity index is 366. The largest absolute Gasteiger partial charge is 0.353 e. The fourth-order valence-corrected chi connectivity index (χ4v) is 3.59. The van der Waals surface area contributed by atoms with Gasteiger partial charge in [-0.25, -0.2) is 0 Å². The third-order valence-electron chi connectivity index (χ3n) is 4.74. The van der Waals surface area contributed by atoms with Crippen molar-refractivity contribution in [2.24, 2.45) is 5.92 Å². The fraction of sp³-hybridized carbons (Fsp3) is 0.857. The van der Waals surface area contributed by atoms with Crippen LogP contribution in [0.25, 0.3) is 0 Å². The number of carbonyl (C=O) groups excluding carboxylic acids is 2. The molecule has 2 N–H and O–H groups in total. The van der Waals surface area contributed by atoms with Gasteiger partial charge in [0.1, 0.15) is 0 Å². The summed E-state index contributed by atoms with van der Waals surface area (Å²) >= 11 is 0. The first kappa shape index (κ1) is 12.9. The lowest BCUT2D eigenvalue weighted by Gasteiger charge is -2.42. The lowest BCUT2D eigenvalue weighted by molar-refractivity contribution is -0.137. The summed E-state index contributed by atoms with van der Waals surface area (Å²) in [7, 11) is 0. The summed E-state index contributed by atoms with van der Waals surface area (Å²) in [5, 5.41) is 6.40. The van der Waals surface area contributed by atoms with Crippen molar-refractivity contribution in [1.82, 2.24) is 15.5 Å². The van der Waals surface area contributed by atoms with Gasteiger partial charge in [-0.3, -0.25) is 9.59 Å². The number of nitrogens with one attached hydrogen (secondary N) is 2. The highest BCUT2D eigenvalue weighted by Gasteiger charge is 2.37. The predicted molar refractivity (Wildman–Crippen MR) is 71.5 cm³/mol. The molecule has 0 aromatic carbocycles. The average molecular weight is 265 g/mol. The Hall–Kier alpha value is -1.10. The van der Waals surface area contributed by atoms with Crippen molar-refractivity contribution < 1.29 is 9.59 Å². The van der Waals surface area contributed by atoms with Crippen LogP contribution in [0.2, 0.25) is 0 Å². The molecule has 3 aliphatic rings. The van der Waals surface area contributed by atoms with Gasteiger partial charge in [-0.05, 0) is 38.1 Å². The predicted octanol–water partition coefficient (Wildman–Crippen LogP) is 0.256. The van der Waals surface area contributed by atoms with Crippen LogP contribution in [-0.2, 0) is 9.59 Å². The summed E-state index contributed by atoms with van der Waals surface area (Å²) in [6.45, 7) is 2.58. The van der Waals surface area contributed by atoms with Crippen molar-refractivity contribution in [2.45, 2.75) is 50.6 Å². The van der Waals surface area contributed by atoms with Gasteiger partial charge in [0.15, 0.2) is 0 Å². The number of hydrogen-bond acceptors (Lipinski definition) is 3. The zero-order valence-corrected chi connectivity index (χ0v) is 11.4. The molecule has 0 spiro atoms. The molecule has 3 aliphatic heterocycles. The van der Waals surface area contributed by atoms with E-state index in [1.165, 1.54) is 6.42 Å². The molecule has 3 fully saturated rings. The van der Waals surface area contributed by atoms with Gasteiger partial charge in [-0.1, -0.05) is 6.42 Å². The number of amides is 2. The van der Waals surface area contributed by atoms with E-state index in [1.54, 1.807) is 0 Å². The maximum absolute atomic E-state index is 12.5. The van der Waals surface area contributed by atoms with E-state index < -0.39 is 0 Å². The second-order valence-corrected chi connectivity index (χ2v) is 6.05. The normalized spacial score (nSPS) is 35.5. The van der Waals surface area contributed by atoms with Crippen LogP contribution in [-0.4, -0.2) is 48.4 Å². The molecule has 3 rings (SSSR count). The van der Waals surface area contributed by atoms with Crippen LogP contribution in [0.4, 0.5) is 0 Å². The quantitative estimate of drug-likeness (QED) is 0.715. The Kier molecular flexibility index (Phi) is 3.73. The van der Waals surface area contributed by atoms with E-state index in [1.807, 2.05) is 4.90 Å². The van der Waals surface area contributed by atoms with Gasteiger partial charge in [-0.15, -0.1) is 0 Å². The smallest absolute Gasteiger partial charge is 0.239 e. The van der Waals surface area contributed by atoms with Crippen molar-refractivity contribution in [3.8, 4) is 0 Å². The Morgan fingerprint density at radius 2 is 2.11 bits per heavy atom. The number of nitrogens with zero attached hydrogens (tertiary/aromatic N) is 1. The van der Waals surface area contributed by atoms with Crippen LogP contribution in [0.15, 0.2) is 0 Å². The molecule has 106 valence electrons. The number of likely N-dealkylation sites (tertiary alicyclic amines) is 1. The summed E-state index contributed by atoms with van der Waals surface area (Å²) in [5.41, 5.74) is 0. The minimum Gasteiger partial charge on any atom is -0.353 e. The number of rotatable bonds is 1. The van der Waals surface area contributed by atoms with Gasteiger partial charge in [0.05, 0.1) is 6.04 Å². The van der Waals surface area contributed by atoms with E-state index in [0.29, 0.717) is 18.4 Å². The highest BCUT2D eigenvalue weighted by molar-refractivity contribution is 5.82. The van der Waals surface area contributed by atoms with Crippen LogP contribution in [0.5, 0.6) is 0 Å². The van der Waals surface area contributed by atoms with E-state index in [0.717, 1.165) is 45.3 Å². The van der Waals surface area contributed by atoms with Gasteiger partial charge in [0.2, 0.25) is 11.8 Å². The number of fused-ring (bicyclic) bond motifs is 1. The third kappa shape index (κ3) is 2.76. The van der Waals surface area contributed by atoms with Gasteiger partial charge in [0, 0.05) is 25.6 Å². The molecule has 19 heavy (non-hydrogen) atoms. The van der Waals surface area contributed by atoms with Crippen LogP contribution in [0, 0.1) is 5.92 Å². The van der Waals surface area contributed by atoms with Gasteiger partial charge < -0.3 is 15.5 Å². The second-order valence-electron chi connectivity index (χ2n) is 6.05. The van der Waals surface area contributed by atoms with E-state index in [-0.39, 0.29) is 17.9 Å². The molecule has 0 aliphatic carbocycles. The van der Waals surface area contributed by atoms with Crippen LogP contribution >= 0.6 is 0 Å². The second kappa shape index (κ2) is 5.49. The average Bonchev–Trinajstić information content (AvgIpc) is 2.47. The van der Waals surface area contributed by atoms with E-state index in [4.69, 9.17) is 0 Å². The Morgan fingerprint density at radius 3 is 2.89 bits per heavy atom. The fourth-order valence-electron chi connectivity index (χ4n) is 3.59. The summed E-state index contributed by atoms with van der Waals surface area (Å²) in [6.07, 6.45) is 5.76. The Labute approximate surface area is 114 Å². The molecule has 3 saturated heterocycles. The van der Waals surface area contributed by atoms with Gasteiger partial charge in [-0.2, -0.15) is 0 Å². The molecule has 0 radical (unpaired) electrons. The van der Waals surface area contributed by atoms with Crippen LogP contribution in [0.3, 0.4) is 0 Å². The zero-order valence-electron chi connectivity index (χ0n) is 11.4. The summed E-state index contributed by atoms with van der Waals surface area (Å²) in [6, 6.07) is 0.327. The monoisotopic (exact) mass is 265 g/mol. The summed E-state index contributed by atoms with van der Waals surface area (Å²) in [4.78, 5) is 25.9.